The van der Waals surface area contributed by atoms with Gasteiger partial charge in [-0.05, 0) is 38.3 Å². The minimum atomic E-state index is -0.105. The van der Waals surface area contributed by atoms with E-state index in [0.717, 1.165) is 37.9 Å². The highest BCUT2D eigenvalue weighted by molar-refractivity contribution is 4.85. The number of β-amino-alcohol motifs (C(OH)–C–C–N with tert-alkyl or cyclic N) is 1. The van der Waals surface area contributed by atoms with Gasteiger partial charge in [0.05, 0.1) is 6.10 Å². The lowest BCUT2D eigenvalue weighted by molar-refractivity contribution is 0.0590. The molecule has 112 valence electrons. The van der Waals surface area contributed by atoms with Crippen molar-refractivity contribution in [2.45, 2.75) is 64.0 Å². The largest absolute Gasteiger partial charge is 0.392 e. The summed E-state index contributed by atoms with van der Waals surface area (Å²) in [7, 11) is 2.08. The second kappa shape index (κ2) is 7.61. The summed E-state index contributed by atoms with van der Waals surface area (Å²) in [5.74, 6) is 1.55. The van der Waals surface area contributed by atoms with Crippen LogP contribution in [0.4, 0.5) is 0 Å². The van der Waals surface area contributed by atoms with Gasteiger partial charge in [-0.2, -0.15) is 0 Å². The topological polar surface area (TPSA) is 35.5 Å². The fourth-order valence-electron chi connectivity index (χ4n) is 4.07. The Balaban J connectivity index is 1.72. The summed E-state index contributed by atoms with van der Waals surface area (Å²) < 4.78 is 0. The molecular formula is C16H32N2O. The van der Waals surface area contributed by atoms with Crippen LogP contribution in [0.15, 0.2) is 0 Å². The maximum atomic E-state index is 10.3. The molecule has 19 heavy (non-hydrogen) atoms. The summed E-state index contributed by atoms with van der Waals surface area (Å²) in [5.41, 5.74) is 0. The van der Waals surface area contributed by atoms with Crippen molar-refractivity contribution in [2.24, 2.45) is 11.8 Å². The predicted molar refractivity (Wildman–Crippen MR) is 80.3 cm³/mol. The van der Waals surface area contributed by atoms with Crippen LogP contribution in [-0.4, -0.2) is 48.8 Å². The molecule has 0 amide bonds. The number of hydrogen-bond donors (Lipinski definition) is 2. The highest BCUT2D eigenvalue weighted by atomic mass is 16.3. The van der Waals surface area contributed by atoms with E-state index in [2.05, 4.69) is 24.2 Å². The van der Waals surface area contributed by atoms with E-state index in [1.54, 1.807) is 0 Å². The van der Waals surface area contributed by atoms with E-state index in [4.69, 9.17) is 0 Å². The van der Waals surface area contributed by atoms with Crippen molar-refractivity contribution in [3.63, 3.8) is 0 Å². The Kier molecular flexibility index (Phi) is 6.11. The quantitative estimate of drug-likeness (QED) is 0.775. The molecule has 0 radical (unpaired) electrons. The average molecular weight is 268 g/mol. The highest BCUT2D eigenvalue weighted by Crippen LogP contribution is 2.29. The lowest BCUT2D eigenvalue weighted by Gasteiger charge is -2.39. The second-order valence-corrected chi connectivity index (χ2v) is 6.65. The number of piperidine rings is 1. The number of aliphatic hydroxyl groups is 1. The zero-order valence-corrected chi connectivity index (χ0v) is 12.8. The van der Waals surface area contributed by atoms with Crippen molar-refractivity contribution in [2.75, 3.05) is 26.7 Å². The molecule has 3 atom stereocenters. The SMILES string of the molecule is CCC1CN(CC(O)CC2CCCC2)CCC1NC. The average Bonchev–Trinajstić information content (AvgIpc) is 2.91. The molecule has 2 aliphatic rings. The lowest BCUT2D eigenvalue weighted by Crippen LogP contribution is -2.49. The maximum Gasteiger partial charge on any atom is 0.0669 e. The van der Waals surface area contributed by atoms with Crippen LogP contribution in [0.3, 0.4) is 0 Å². The molecule has 0 aromatic rings. The molecule has 1 saturated heterocycles. The Labute approximate surface area is 118 Å². The van der Waals surface area contributed by atoms with Crippen molar-refractivity contribution in [3.8, 4) is 0 Å². The summed E-state index contributed by atoms with van der Waals surface area (Å²) in [4.78, 5) is 2.49. The van der Waals surface area contributed by atoms with Gasteiger partial charge in [0.25, 0.3) is 0 Å². The third-order valence-corrected chi connectivity index (χ3v) is 5.26. The Bertz CT molecular complexity index is 253. The summed E-state index contributed by atoms with van der Waals surface area (Å²) in [6.07, 6.45) is 8.83. The zero-order chi connectivity index (χ0) is 13.7. The fraction of sp³-hybridized carbons (Fsp3) is 1.00. The van der Waals surface area contributed by atoms with Gasteiger partial charge >= 0.3 is 0 Å². The minimum Gasteiger partial charge on any atom is -0.392 e. The number of nitrogens with one attached hydrogen (secondary N) is 1. The Morgan fingerprint density at radius 1 is 1.26 bits per heavy atom. The molecule has 2 rings (SSSR count). The second-order valence-electron chi connectivity index (χ2n) is 6.65. The smallest absolute Gasteiger partial charge is 0.0669 e. The molecule has 1 heterocycles. The van der Waals surface area contributed by atoms with Crippen LogP contribution in [0, 0.1) is 11.8 Å². The van der Waals surface area contributed by atoms with E-state index in [1.807, 2.05) is 0 Å². The first-order valence-corrected chi connectivity index (χ1v) is 8.30. The lowest BCUT2D eigenvalue weighted by atomic mass is 9.89. The highest BCUT2D eigenvalue weighted by Gasteiger charge is 2.28. The van der Waals surface area contributed by atoms with Gasteiger partial charge in [-0.3, -0.25) is 0 Å². The number of aliphatic hydroxyl groups excluding tert-OH is 1. The first kappa shape index (κ1) is 15.3. The summed E-state index contributed by atoms with van der Waals surface area (Å²) in [6, 6.07) is 0.674. The van der Waals surface area contributed by atoms with Crippen LogP contribution < -0.4 is 5.32 Å². The van der Waals surface area contributed by atoms with Gasteiger partial charge < -0.3 is 15.3 Å². The van der Waals surface area contributed by atoms with Gasteiger partial charge in [0.2, 0.25) is 0 Å². The predicted octanol–water partition coefficient (Wildman–Crippen LogP) is 2.25. The Hall–Kier alpha value is -0.120. The standard InChI is InChI=1S/C16H32N2O/c1-3-14-11-18(9-8-16(14)17-2)12-15(19)10-13-6-4-5-7-13/h13-17,19H,3-12H2,1-2H3. The summed E-state index contributed by atoms with van der Waals surface area (Å²) >= 11 is 0. The third kappa shape index (κ3) is 4.44. The molecule has 0 spiro atoms. The Morgan fingerprint density at radius 2 is 2.00 bits per heavy atom. The van der Waals surface area contributed by atoms with Crippen molar-refractivity contribution >= 4 is 0 Å². The van der Waals surface area contributed by atoms with E-state index in [1.165, 1.54) is 38.5 Å². The normalized spacial score (nSPS) is 31.7. The molecule has 0 aromatic carbocycles. The van der Waals surface area contributed by atoms with Gasteiger partial charge in [-0.25, -0.2) is 0 Å². The molecule has 1 aliphatic carbocycles. The molecule has 3 heteroatoms. The number of hydrogen-bond acceptors (Lipinski definition) is 3. The maximum absolute atomic E-state index is 10.3. The molecular weight excluding hydrogens is 236 g/mol. The monoisotopic (exact) mass is 268 g/mol. The van der Waals surface area contributed by atoms with Crippen molar-refractivity contribution in [3.05, 3.63) is 0 Å². The molecule has 2 fully saturated rings. The van der Waals surface area contributed by atoms with E-state index in [0.29, 0.717) is 6.04 Å². The molecule has 1 aliphatic heterocycles. The summed E-state index contributed by atoms with van der Waals surface area (Å²) in [6.45, 7) is 5.48. The van der Waals surface area contributed by atoms with Gasteiger partial charge in [-0.15, -0.1) is 0 Å². The van der Waals surface area contributed by atoms with Crippen LogP contribution in [0.25, 0.3) is 0 Å². The van der Waals surface area contributed by atoms with Crippen LogP contribution >= 0.6 is 0 Å². The van der Waals surface area contributed by atoms with Crippen molar-refractivity contribution in [1.29, 1.82) is 0 Å². The number of nitrogens with zero attached hydrogens (tertiary/aromatic N) is 1. The molecule has 2 N–H and O–H groups in total. The van der Waals surface area contributed by atoms with E-state index < -0.39 is 0 Å². The molecule has 1 saturated carbocycles. The molecule has 0 aromatic heterocycles. The van der Waals surface area contributed by atoms with Gasteiger partial charge in [0, 0.05) is 19.1 Å². The van der Waals surface area contributed by atoms with Crippen LogP contribution in [-0.2, 0) is 0 Å². The number of rotatable bonds is 6. The van der Waals surface area contributed by atoms with Gasteiger partial charge in [0.15, 0.2) is 0 Å². The first-order valence-electron chi connectivity index (χ1n) is 8.30. The van der Waals surface area contributed by atoms with E-state index >= 15 is 0 Å². The molecule has 0 bridgehead atoms. The van der Waals surface area contributed by atoms with Crippen LogP contribution in [0.5, 0.6) is 0 Å². The molecule has 3 nitrogen and oxygen atoms in total. The van der Waals surface area contributed by atoms with E-state index in [-0.39, 0.29) is 6.10 Å². The van der Waals surface area contributed by atoms with Gasteiger partial charge in [0.1, 0.15) is 0 Å². The first-order chi connectivity index (χ1) is 9.22. The van der Waals surface area contributed by atoms with Gasteiger partial charge in [-0.1, -0.05) is 39.0 Å². The van der Waals surface area contributed by atoms with Crippen LogP contribution in [0.2, 0.25) is 0 Å². The Morgan fingerprint density at radius 3 is 2.63 bits per heavy atom. The third-order valence-electron chi connectivity index (χ3n) is 5.26. The molecule has 3 unspecified atom stereocenters. The van der Waals surface area contributed by atoms with Crippen LogP contribution in [0.1, 0.15) is 51.9 Å². The van der Waals surface area contributed by atoms with Crippen molar-refractivity contribution in [1.82, 2.24) is 10.2 Å². The summed E-state index contributed by atoms with van der Waals surface area (Å²) in [5, 5.41) is 13.7. The minimum absolute atomic E-state index is 0.105. The van der Waals surface area contributed by atoms with E-state index in [9.17, 15) is 5.11 Å². The zero-order valence-electron chi connectivity index (χ0n) is 12.8. The van der Waals surface area contributed by atoms with Crippen molar-refractivity contribution < 1.29 is 5.11 Å². The fourth-order valence-corrected chi connectivity index (χ4v) is 4.07. The number of likely N-dealkylation sites (tertiary alicyclic amines) is 1.